The zero-order valence-corrected chi connectivity index (χ0v) is 14.2. The number of carboxylic acid groups (broad SMARTS) is 1. The minimum Gasteiger partial charge on any atom is -0.449 e. The van der Waals surface area contributed by atoms with Gasteiger partial charge in [-0.05, 0) is 30.2 Å². The number of anilines is 1. The SMILES string of the molecule is Cc1ccccc1C(=O)Nc1cc(-c2ccccc2)sc1OC(=O)O. The van der Waals surface area contributed by atoms with Crippen molar-refractivity contribution in [3.63, 3.8) is 0 Å². The lowest BCUT2D eigenvalue weighted by Gasteiger charge is -2.07. The summed E-state index contributed by atoms with van der Waals surface area (Å²) < 4.78 is 4.83. The van der Waals surface area contributed by atoms with Crippen LogP contribution in [0.2, 0.25) is 0 Å². The molecule has 0 saturated carbocycles. The molecule has 6 heteroatoms. The molecule has 1 heterocycles. The third-order valence-electron chi connectivity index (χ3n) is 3.57. The molecule has 3 rings (SSSR count). The second-order valence-corrected chi connectivity index (χ2v) is 6.33. The smallest absolute Gasteiger partial charge is 0.449 e. The molecule has 0 aliphatic carbocycles. The number of thiophene rings is 1. The number of aryl methyl sites for hydroxylation is 1. The second kappa shape index (κ2) is 7.19. The van der Waals surface area contributed by atoms with Gasteiger partial charge in [-0.25, -0.2) is 4.79 Å². The van der Waals surface area contributed by atoms with Gasteiger partial charge in [0, 0.05) is 10.4 Å². The van der Waals surface area contributed by atoms with Gasteiger partial charge in [-0.3, -0.25) is 4.79 Å². The first kappa shape index (κ1) is 16.7. The predicted octanol–water partition coefficient (Wildman–Crippen LogP) is 5.03. The first-order valence-corrected chi connectivity index (χ1v) is 8.33. The van der Waals surface area contributed by atoms with Gasteiger partial charge in [0.25, 0.3) is 5.91 Å². The fraction of sp³-hybridized carbons (Fsp3) is 0.0526. The minimum atomic E-state index is -1.42. The van der Waals surface area contributed by atoms with E-state index in [9.17, 15) is 9.59 Å². The van der Waals surface area contributed by atoms with Gasteiger partial charge in [0.1, 0.15) is 0 Å². The molecular weight excluding hydrogens is 338 g/mol. The van der Waals surface area contributed by atoms with E-state index in [4.69, 9.17) is 9.84 Å². The molecule has 1 aromatic heterocycles. The first-order chi connectivity index (χ1) is 12.0. The summed E-state index contributed by atoms with van der Waals surface area (Å²) >= 11 is 1.16. The van der Waals surface area contributed by atoms with Crippen LogP contribution in [-0.2, 0) is 0 Å². The maximum atomic E-state index is 12.5. The number of rotatable bonds is 4. The van der Waals surface area contributed by atoms with Crippen LogP contribution in [0, 0.1) is 6.92 Å². The summed E-state index contributed by atoms with van der Waals surface area (Å²) in [6.45, 7) is 1.84. The largest absolute Gasteiger partial charge is 0.512 e. The van der Waals surface area contributed by atoms with E-state index in [-0.39, 0.29) is 11.0 Å². The molecule has 2 aromatic carbocycles. The van der Waals surface area contributed by atoms with Gasteiger partial charge in [-0.1, -0.05) is 59.9 Å². The Labute approximate surface area is 148 Å². The standard InChI is InChI=1S/C19H15NO4S/c1-12-7-5-6-10-14(12)17(21)20-15-11-16(13-8-3-2-4-9-13)25-18(15)24-19(22)23/h2-11H,1H3,(H,20,21)(H,22,23). The Balaban J connectivity index is 1.94. The molecule has 0 unspecified atom stereocenters. The summed E-state index contributed by atoms with van der Waals surface area (Å²) in [5.41, 5.74) is 2.61. The molecule has 0 bridgehead atoms. The Kier molecular flexibility index (Phi) is 4.81. The van der Waals surface area contributed by atoms with Crippen LogP contribution in [0.5, 0.6) is 5.06 Å². The number of hydrogen-bond acceptors (Lipinski definition) is 4. The quantitative estimate of drug-likeness (QED) is 0.645. The number of ether oxygens (including phenoxy) is 1. The lowest BCUT2D eigenvalue weighted by atomic mass is 10.1. The van der Waals surface area contributed by atoms with E-state index in [2.05, 4.69) is 5.32 Å². The Bertz CT molecular complexity index is 918. The zero-order valence-electron chi connectivity index (χ0n) is 13.4. The third kappa shape index (κ3) is 3.87. The van der Waals surface area contributed by atoms with Gasteiger partial charge >= 0.3 is 6.16 Å². The van der Waals surface area contributed by atoms with Crippen molar-refractivity contribution in [3.05, 3.63) is 71.8 Å². The molecule has 3 aromatic rings. The Morgan fingerprint density at radius 3 is 2.40 bits per heavy atom. The van der Waals surface area contributed by atoms with Crippen molar-refractivity contribution in [2.75, 3.05) is 5.32 Å². The van der Waals surface area contributed by atoms with Gasteiger partial charge in [-0.15, -0.1) is 0 Å². The highest BCUT2D eigenvalue weighted by Crippen LogP contribution is 2.41. The third-order valence-corrected chi connectivity index (χ3v) is 4.64. The highest BCUT2D eigenvalue weighted by atomic mass is 32.1. The molecule has 2 N–H and O–H groups in total. The lowest BCUT2D eigenvalue weighted by molar-refractivity contribution is 0.102. The molecule has 126 valence electrons. The molecule has 0 radical (unpaired) electrons. The molecule has 5 nitrogen and oxygen atoms in total. The van der Waals surface area contributed by atoms with Crippen molar-refractivity contribution in [2.24, 2.45) is 0 Å². The summed E-state index contributed by atoms with van der Waals surface area (Å²) in [5, 5.41) is 11.8. The number of amides is 1. The van der Waals surface area contributed by atoms with E-state index < -0.39 is 6.16 Å². The van der Waals surface area contributed by atoms with E-state index in [1.807, 2.05) is 49.4 Å². The number of carbonyl (C=O) groups excluding carboxylic acids is 1. The minimum absolute atomic E-state index is 0.133. The van der Waals surface area contributed by atoms with Gasteiger partial charge in [-0.2, -0.15) is 0 Å². The topological polar surface area (TPSA) is 75.6 Å². The fourth-order valence-electron chi connectivity index (χ4n) is 2.38. The van der Waals surface area contributed by atoms with Gasteiger partial charge in [0.05, 0.1) is 5.69 Å². The molecule has 0 aliphatic rings. The average molecular weight is 353 g/mol. The van der Waals surface area contributed by atoms with Crippen LogP contribution in [0.25, 0.3) is 10.4 Å². The number of carbonyl (C=O) groups is 2. The molecule has 0 aliphatic heterocycles. The maximum Gasteiger partial charge on any atom is 0.512 e. The van der Waals surface area contributed by atoms with Crippen molar-refractivity contribution in [1.29, 1.82) is 0 Å². The fourth-order valence-corrected chi connectivity index (χ4v) is 3.34. The molecule has 0 saturated heterocycles. The Morgan fingerprint density at radius 2 is 1.72 bits per heavy atom. The van der Waals surface area contributed by atoms with Crippen LogP contribution in [0.1, 0.15) is 15.9 Å². The van der Waals surface area contributed by atoms with E-state index in [0.717, 1.165) is 27.3 Å². The monoisotopic (exact) mass is 353 g/mol. The van der Waals surface area contributed by atoms with Crippen LogP contribution in [0.15, 0.2) is 60.7 Å². The van der Waals surface area contributed by atoms with Crippen molar-refractivity contribution >= 4 is 29.1 Å². The van der Waals surface area contributed by atoms with Gasteiger partial charge < -0.3 is 15.2 Å². The van der Waals surface area contributed by atoms with Crippen LogP contribution >= 0.6 is 11.3 Å². The van der Waals surface area contributed by atoms with Crippen molar-refractivity contribution in [2.45, 2.75) is 6.92 Å². The molecule has 0 spiro atoms. The van der Waals surface area contributed by atoms with Crippen LogP contribution < -0.4 is 10.1 Å². The summed E-state index contributed by atoms with van der Waals surface area (Å²) in [5.74, 6) is -0.314. The highest BCUT2D eigenvalue weighted by molar-refractivity contribution is 7.18. The van der Waals surface area contributed by atoms with Gasteiger partial charge in [0.15, 0.2) is 0 Å². The van der Waals surface area contributed by atoms with E-state index in [0.29, 0.717) is 11.3 Å². The van der Waals surface area contributed by atoms with Gasteiger partial charge in [0.2, 0.25) is 5.06 Å². The number of benzene rings is 2. The van der Waals surface area contributed by atoms with Crippen molar-refractivity contribution < 1.29 is 19.4 Å². The molecule has 0 fully saturated rings. The molecule has 1 amide bonds. The van der Waals surface area contributed by atoms with E-state index in [1.165, 1.54) is 0 Å². The predicted molar refractivity (Wildman–Crippen MR) is 97.5 cm³/mol. The highest BCUT2D eigenvalue weighted by Gasteiger charge is 2.18. The number of hydrogen-bond donors (Lipinski definition) is 2. The normalized spacial score (nSPS) is 10.3. The Morgan fingerprint density at radius 1 is 1.04 bits per heavy atom. The average Bonchev–Trinajstić information content (AvgIpc) is 2.98. The maximum absolute atomic E-state index is 12.5. The van der Waals surface area contributed by atoms with E-state index >= 15 is 0 Å². The molecule has 0 atom stereocenters. The Hall–Kier alpha value is -3.12. The van der Waals surface area contributed by atoms with Crippen molar-refractivity contribution in [3.8, 4) is 15.5 Å². The van der Waals surface area contributed by atoms with Crippen LogP contribution in [0.3, 0.4) is 0 Å². The van der Waals surface area contributed by atoms with E-state index in [1.54, 1.807) is 18.2 Å². The summed E-state index contributed by atoms with van der Waals surface area (Å²) in [6, 6.07) is 18.4. The second-order valence-electron chi connectivity index (χ2n) is 5.31. The summed E-state index contributed by atoms with van der Waals surface area (Å²) in [7, 11) is 0. The lowest BCUT2D eigenvalue weighted by Crippen LogP contribution is -2.14. The van der Waals surface area contributed by atoms with Crippen molar-refractivity contribution in [1.82, 2.24) is 0 Å². The molecule has 25 heavy (non-hydrogen) atoms. The summed E-state index contributed by atoms with van der Waals surface area (Å²) in [6.07, 6.45) is -1.42. The van der Waals surface area contributed by atoms with Crippen LogP contribution in [0.4, 0.5) is 10.5 Å². The van der Waals surface area contributed by atoms with Crippen LogP contribution in [-0.4, -0.2) is 17.2 Å². The zero-order chi connectivity index (χ0) is 17.8. The first-order valence-electron chi connectivity index (χ1n) is 7.51. The molecular formula is C19H15NO4S. The summed E-state index contributed by atoms with van der Waals surface area (Å²) in [4.78, 5) is 24.3. The number of nitrogens with one attached hydrogen (secondary N) is 1.